The zero-order valence-corrected chi connectivity index (χ0v) is 17.5. The Morgan fingerprint density at radius 1 is 1.00 bits per heavy atom. The van der Waals surface area contributed by atoms with Crippen molar-refractivity contribution in [1.82, 2.24) is 30.7 Å². The molecule has 0 bridgehead atoms. The zero-order chi connectivity index (χ0) is 20.0. The van der Waals surface area contributed by atoms with Gasteiger partial charge in [-0.2, -0.15) is 5.10 Å². The molecule has 1 aromatic carbocycles. The number of fused-ring (bicyclic) bond motifs is 1. The van der Waals surface area contributed by atoms with Crippen LogP contribution in [-0.2, 0) is 0 Å². The fraction of sp³-hybridized carbons (Fsp3) is 0.364. The number of hydrogen-bond acceptors (Lipinski definition) is 7. The molecule has 6 rings (SSSR count). The van der Waals surface area contributed by atoms with Crippen molar-refractivity contribution in [2.75, 3.05) is 31.1 Å². The number of nitrogens with zero attached hydrogens (tertiary/aromatic N) is 5. The average Bonchev–Trinajstić information content (AvgIpc) is 3.56. The van der Waals surface area contributed by atoms with Crippen LogP contribution in [0.5, 0.6) is 0 Å². The van der Waals surface area contributed by atoms with Gasteiger partial charge in [0.2, 0.25) is 0 Å². The predicted molar refractivity (Wildman–Crippen MR) is 120 cm³/mol. The van der Waals surface area contributed by atoms with E-state index in [1.165, 1.54) is 32.4 Å². The summed E-state index contributed by atoms with van der Waals surface area (Å²) in [5, 5.41) is 19.7. The Morgan fingerprint density at radius 2 is 1.90 bits per heavy atom. The third-order valence-corrected chi connectivity index (χ3v) is 7.56. The molecule has 2 aliphatic heterocycles. The number of anilines is 1. The Bertz CT molecular complexity index is 1150. The van der Waals surface area contributed by atoms with E-state index in [9.17, 15) is 0 Å². The van der Waals surface area contributed by atoms with Crippen LogP contribution in [0.4, 0.5) is 5.82 Å². The van der Waals surface area contributed by atoms with Crippen molar-refractivity contribution in [1.29, 1.82) is 0 Å². The predicted octanol–water partition coefficient (Wildman–Crippen LogP) is 3.72. The molecule has 5 heterocycles. The van der Waals surface area contributed by atoms with E-state index in [1.54, 1.807) is 11.3 Å². The maximum absolute atomic E-state index is 4.60. The van der Waals surface area contributed by atoms with E-state index < -0.39 is 0 Å². The summed E-state index contributed by atoms with van der Waals surface area (Å²) in [5.41, 5.74) is 7.47. The molecule has 8 heteroatoms. The number of H-pyrrole nitrogens is 1. The van der Waals surface area contributed by atoms with Gasteiger partial charge in [0.25, 0.3) is 0 Å². The maximum atomic E-state index is 4.60. The zero-order valence-electron chi connectivity index (χ0n) is 16.6. The lowest BCUT2D eigenvalue weighted by Gasteiger charge is -2.39. The molecule has 7 nitrogen and oxygen atoms in total. The molecule has 1 spiro atoms. The Labute approximate surface area is 178 Å². The number of piperidine rings is 1. The highest BCUT2D eigenvalue weighted by molar-refractivity contribution is 7.17. The van der Waals surface area contributed by atoms with Crippen molar-refractivity contribution < 1.29 is 0 Å². The first-order chi connectivity index (χ1) is 14.8. The molecule has 0 unspecified atom stereocenters. The fourth-order valence-corrected chi connectivity index (χ4v) is 5.69. The number of hydrogen-bond donors (Lipinski definition) is 2. The van der Waals surface area contributed by atoms with Gasteiger partial charge in [-0.15, -0.1) is 21.5 Å². The number of aromatic nitrogens is 5. The van der Waals surface area contributed by atoms with Gasteiger partial charge in [0.1, 0.15) is 0 Å². The van der Waals surface area contributed by atoms with Gasteiger partial charge in [0.05, 0.1) is 27.6 Å². The number of aromatic amines is 1. The summed E-state index contributed by atoms with van der Waals surface area (Å²) in [6.45, 7) is 4.47. The molecule has 152 valence electrons. The lowest BCUT2D eigenvalue weighted by molar-refractivity contribution is 0.247. The second kappa shape index (κ2) is 7.14. The molecule has 2 fully saturated rings. The quantitative estimate of drug-likeness (QED) is 0.529. The number of benzene rings is 1. The summed E-state index contributed by atoms with van der Waals surface area (Å²) in [6, 6.07) is 8.42. The van der Waals surface area contributed by atoms with Gasteiger partial charge in [-0.3, -0.25) is 5.10 Å². The van der Waals surface area contributed by atoms with Crippen molar-refractivity contribution in [2.24, 2.45) is 5.41 Å². The van der Waals surface area contributed by atoms with Crippen LogP contribution in [0.25, 0.3) is 32.6 Å². The van der Waals surface area contributed by atoms with Crippen molar-refractivity contribution in [3.63, 3.8) is 0 Å². The van der Waals surface area contributed by atoms with E-state index >= 15 is 0 Å². The first kappa shape index (κ1) is 18.0. The van der Waals surface area contributed by atoms with Crippen LogP contribution >= 0.6 is 11.3 Å². The molecule has 2 saturated heterocycles. The summed E-state index contributed by atoms with van der Waals surface area (Å²) in [6.07, 6.45) is 7.51. The number of nitrogens with one attached hydrogen (secondary N) is 2. The molecular formula is C22H23N7S. The molecule has 0 saturated carbocycles. The van der Waals surface area contributed by atoms with Gasteiger partial charge in [0.15, 0.2) is 5.82 Å². The Kier molecular flexibility index (Phi) is 4.28. The second-order valence-electron chi connectivity index (χ2n) is 8.37. The minimum Gasteiger partial charge on any atom is -0.355 e. The highest BCUT2D eigenvalue weighted by Crippen LogP contribution is 2.39. The molecule has 2 aliphatic rings. The first-order valence-corrected chi connectivity index (χ1v) is 11.3. The van der Waals surface area contributed by atoms with Crippen LogP contribution in [0.3, 0.4) is 0 Å². The van der Waals surface area contributed by atoms with Crippen LogP contribution in [0.2, 0.25) is 0 Å². The van der Waals surface area contributed by atoms with E-state index in [-0.39, 0.29) is 0 Å². The lowest BCUT2D eigenvalue weighted by Crippen LogP contribution is -2.41. The van der Waals surface area contributed by atoms with E-state index in [0.29, 0.717) is 5.41 Å². The molecule has 2 N–H and O–H groups in total. The number of thiazole rings is 1. The topological polar surface area (TPSA) is 82.6 Å². The minimum absolute atomic E-state index is 0.512. The summed E-state index contributed by atoms with van der Waals surface area (Å²) in [4.78, 5) is 6.98. The monoisotopic (exact) mass is 417 g/mol. The van der Waals surface area contributed by atoms with Crippen LogP contribution < -0.4 is 10.2 Å². The smallest absolute Gasteiger partial charge is 0.151 e. The molecular weight excluding hydrogens is 394 g/mol. The third kappa shape index (κ3) is 2.98. The van der Waals surface area contributed by atoms with Crippen molar-refractivity contribution >= 4 is 27.4 Å². The van der Waals surface area contributed by atoms with Crippen molar-refractivity contribution in [3.8, 4) is 22.4 Å². The molecule has 30 heavy (non-hydrogen) atoms. The standard InChI is InChI=1S/C22H23N7S/c1-2-17(21-20(24-14-30-21)16(1)15-11-25-26-12-15)18-3-4-19(28-27-18)29-9-6-22(7-10-29)5-8-23-13-22/h1-4,11-12,14,23H,5-10,13H2,(H,25,26). The van der Waals surface area contributed by atoms with Crippen molar-refractivity contribution in [3.05, 3.63) is 42.2 Å². The SMILES string of the molecule is c1nc2c(-c3cn[nH]c3)ccc(-c3ccc(N4CCC5(CCNC5)CC4)nn3)c2s1. The minimum atomic E-state index is 0.512. The van der Waals surface area contributed by atoms with Crippen LogP contribution in [-0.4, -0.2) is 51.6 Å². The van der Waals surface area contributed by atoms with Gasteiger partial charge in [-0.25, -0.2) is 4.98 Å². The third-order valence-electron chi connectivity index (χ3n) is 6.70. The molecule has 0 aliphatic carbocycles. The van der Waals surface area contributed by atoms with Crippen molar-refractivity contribution in [2.45, 2.75) is 19.3 Å². The van der Waals surface area contributed by atoms with Gasteiger partial charge >= 0.3 is 0 Å². The molecule has 3 aromatic heterocycles. The van der Waals surface area contributed by atoms with Gasteiger partial charge < -0.3 is 10.2 Å². The highest BCUT2D eigenvalue weighted by Gasteiger charge is 2.37. The summed E-state index contributed by atoms with van der Waals surface area (Å²) in [7, 11) is 0. The lowest BCUT2D eigenvalue weighted by atomic mass is 9.78. The van der Waals surface area contributed by atoms with Gasteiger partial charge in [0, 0.05) is 42.5 Å². The van der Waals surface area contributed by atoms with E-state index in [4.69, 9.17) is 0 Å². The maximum Gasteiger partial charge on any atom is 0.151 e. The van der Waals surface area contributed by atoms with Crippen LogP contribution in [0.1, 0.15) is 19.3 Å². The largest absolute Gasteiger partial charge is 0.355 e. The van der Waals surface area contributed by atoms with Crippen LogP contribution in [0, 0.1) is 5.41 Å². The Balaban J connectivity index is 1.27. The van der Waals surface area contributed by atoms with E-state index in [2.05, 4.69) is 59.9 Å². The van der Waals surface area contributed by atoms with Gasteiger partial charge in [-0.05, 0) is 43.4 Å². The first-order valence-electron chi connectivity index (χ1n) is 10.5. The fourth-order valence-electron chi connectivity index (χ4n) is 4.85. The molecule has 0 amide bonds. The molecule has 4 aromatic rings. The highest BCUT2D eigenvalue weighted by atomic mass is 32.1. The van der Waals surface area contributed by atoms with Crippen LogP contribution in [0.15, 0.2) is 42.2 Å². The van der Waals surface area contributed by atoms with E-state index in [1.807, 2.05) is 17.9 Å². The Hall–Kier alpha value is -2.84. The molecule has 0 radical (unpaired) electrons. The number of rotatable bonds is 3. The normalized spacial score (nSPS) is 18.5. The second-order valence-corrected chi connectivity index (χ2v) is 9.22. The molecule has 0 atom stereocenters. The van der Waals surface area contributed by atoms with Gasteiger partial charge in [-0.1, -0.05) is 12.1 Å². The Morgan fingerprint density at radius 3 is 2.63 bits per heavy atom. The van der Waals surface area contributed by atoms with E-state index in [0.717, 1.165) is 51.5 Å². The summed E-state index contributed by atoms with van der Waals surface area (Å²) in [5.74, 6) is 0.982. The summed E-state index contributed by atoms with van der Waals surface area (Å²) >= 11 is 1.64. The summed E-state index contributed by atoms with van der Waals surface area (Å²) < 4.78 is 1.13. The average molecular weight is 418 g/mol.